The lowest BCUT2D eigenvalue weighted by atomic mass is 9.97. The van der Waals surface area contributed by atoms with Crippen LogP contribution in [0.2, 0.25) is 0 Å². The van der Waals surface area contributed by atoms with Crippen LogP contribution >= 0.6 is 0 Å². The molecule has 0 aromatic carbocycles. The second-order valence-corrected chi connectivity index (χ2v) is 5.62. The summed E-state index contributed by atoms with van der Waals surface area (Å²) in [4.78, 5) is 30.4. The van der Waals surface area contributed by atoms with Crippen molar-refractivity contribution < 1.29 is 14.3 Å². The van der Waals surface area contributed by atoms with Crippen LogP contribution in [0, 0.1) is 6.92 Å². The Hall–Kier alpha value is -2.90. The zero-order valence-corrected chi connectivity index (χ0v) is 13.7. The molecule has 1 amide bonds. The van der Waals surface area contributed by atoms with Gasteiger partial charge in [0.15, 0.2) is 0 Å². The van der Waals surface area contributed by atoms with E-state index in [1.165, 1.54) is 10.9 Å². The fraction of sp³-hybridized carbons (Fsp3) is 0.375. The van der Waals surface area contributed by atoms with Crippen molar-refractivity contribution in [1.82, 2.24) is 19.7 Å². The molecule has 3 heterocycles. The number of carbonyl (C=O) groups is 2. The summed E-state index contributed by atoms with van der Waals surface area (Å²) in [6, 6.07) is 1.64. The van der Waals surface area contributed by atoms with Gasteiger partial charge in [-0.15, -0.1) is 0 Å². The van der Waals surface area contributed by atoms with Crippen molar-refractivity contribution in [2.75, 3.05) is 18.9 Å². The van der Waals surface area contributed by atoms with E-state index in [1.54, 1.807) is 31.0 Å². The summed E-state index contributed by atoms with van der Waals surface area (Å²) in [5, 5.41) is 4.13. The third kappa shape index (κ3) is 2.82. The minimum absolute atomic E-state index is 0.291. The second-order valence-electron chi connectivity index (χ2n) is 5.62. The Morgan fingerprint density at radius 3 is 2.83 bits per heavy atom. The van der Waals surface area contributed by atoms with Crippen molar-refractivity contribution in [3.8, 4) is 0 Å². The quantitative estimate of drug-likeness (QED) is 0.892. The Morgan fingerprint density at radius 1 is 1.38 bits per heavy atom. The molecule has 1 aliphatic heterocycles. The summed E-state index contributed by atoms with van der Waals surface area (Å²) in [5.41, 5.74) is 8.69. The van der Waals surface area contributed by atoms with Crippen molar-refractivity contribution in [3.05, 3.63) is 40.8 Å². The summed E-state index contributed by atoms with van der Waals surface area (Å²) in [6.07, 6.45) is 3.40. The van der Waals surface area contributed by atoms with Crippen LogP contribution in [-0.2, 0) is 17.7 Å². The highest BCUT2D eigenvalue weighted by Gasteiger charge is 2.26. The van der Waals surface area contributed by atoms with Gasteiger partial charge in [0.05, 0.1) is 24.4 Å². The molecule has 0 radical (unpaired) electrons. The van der Waals surface area contributed by atoms with E-state index in [2.05, 4.69) is 10.1 Å². The van der Waals surface area contributed by atoms with E-state index >= 15 is 0 Å². The predicted molar refractivity (Wildman–Crippen MR) is 86.5 cm³/mol. The van der Waals surface area contributed by atoms with Crippen LogP contribution in [0.25, 0.3) is 0 Å². The van der Waals surface area contributed by atoms with E-state index in [-0.39, 0.29) is 12.0 Å². The molecule has 0 bridgehead atoms. The van der Waals surface area contributed by atoms with Crippen LogP contribution in [0.15, 0.2) is 18.5 Å². The molecule has 2 aromatic rings. The second kappa shape index (κ2) is 6.31. The van der Waals surface area contributed by atoms with Crippen LogP contribution in [-0.4, -0.2) is 44.8 Å². The van der Waals surface area contributed by atoms with Gasteiger partial charge in [0.2, 0.25) is 0 Å². The normalized spacial score (nSPS) is 13.5. The molecule has 1 aliphatic rings. The highest BCUT2D eigenvalue weighted by Crippen LogP contribution is 2.23. The number of rotatable bonds is 2. The largest absolute Gasteiger partial charge is 0.450 e. The molecule has 3 rings (SSSR count). The fourth-order valence-electron chi connectivity index (χ4n) is 2.84. The Morgan fingerprint density at radius 2 is 2.17 bits per heavy atom. The molecular formula is C16H19N5O3. The molecule has 0 saturated carbocycles. The highest BCUT2D eigenvalue weighted by molar-refractivity contribution is 5.98. The first-order valence-electron chi connectivity index (χ1n) is 7.75. The van der Waals surface area contributed by atoms with Crippen LogP contribution in [0.1, 0.15) is 34.1 Å². The third-order valence-corrected chi connectivity index (χ3v) is 3.95. The van der Waals surface area contributed by atoms with Crippen molar-refractivity contribution in [3.63, 3.8) is 0 Å². The van der Waals surface area contributed by atoms with Gasteiger partial charge in [-0.1, -0.05) is 0 Å². The van der Waals surface area contributed by atoms with Crippen molar-refractivity contribution >= 4 is 17.8 Å². The van der Waals surface area contributed by atoms with Crippen molar-refractivity contribution in [2.45, 2.75) is 26.8 Å². The van der Waals surface area contributed by atoms with Crippen molar-refractivity contribution in [1.29, 1.82) is 0 Å². The van der Waals surface area contributed by atoms with Gasteiger partial charge in [0.25, 0.3) is 5.91 Å². The minimum atomic E-state index is -0.355. The topological polar surface area (TPSA) is 103 Å². The molecule has 0 unspecified atom stereocenters. The first-order valence-corrected chi connectivity index (χ1v) is 7.75. The van der Waals surface area contributed by atoms with Gasteiger partial charge in [-0.3, -0.25) is 9.78 Å². The number of nitrogens with zero attached hydrogens (tertiary/aromatic N) is 4. The average molecular weight is 329 g/mol. The number of nitrogens with two attached hydrogens (primary N) is 1. The summed E-state index contributed by atoms with van der Waals surface area (Å²) < 4.78 is 6.22. The Balaban J connectivity index is 1.91. The Labute approximate surface area is 139 Å². The minimum Gasteiger partial charge on any atom is -0.450 e. The number of carbonyl (C=O) groups excluding carboxylic acids is 2. The van der Waals surface area contributed by atoms with Gasteiger partial charge in [-0.25, -0.2) is 4.79 Å². The molecule has 0 saturated heterocycles. The number of nitrogen functional groups attached to an aromatic ring is 1. The number of pyridine rings is 1. The number of anilines is 1. The smallest absolute Gasteiger partial charge is 0.410 e. The van der Waals surface area contributed by atoms with E-state index in [0.29, 0.717) is 43.2 Å². The van der Waals surface area contributed by atoms with Crippen LogP contribution in [0.4, 0.5) is 10.6 Å². The number of fused-ring (bicyclic) bond motifs is 1. The maximum Gasteiger partial charge on any atom is 0.410 e. The van der Waals surface area contributed by atoms with Gasteiger partial charge in [-0.2, -0.15) is 9.78 Å². The highest BCUT2D eigenvalue weighted by atomic mass is 16.6. The SMILES string of the molecule is CCOC(=O)N1CCc2c(cncc2C(=O)n2nc(C)cc2N)C1. The first kappa shape index (κ1) is 16.0. The summed E-state index contributed by atoms with van der Waals surface area (Å²) in [6.45, 7) is 4.73. The lowest BCUT2D eigenvalue weighted by molar-refractivity contribution is 0.0944. The summed E-state index contributed by atoms with van der Waals surface area (Å²) in [7, 11) is 0. The van der Waals surface area contributed by atoms with E-state index in [9.17, 15) is 9.59 Å². The van der Waals surface area contributed by atoms with Crippen LogP contribution < -0.4 is 5.73 Å². The zero-order valence-electron chi connectivity index (χ0n) is 13.7. The monoisotopic (exact) mass is 329 g/mol. The molecule has 126 valence electrons. The van der Waals surface area contributed by atoms with Crippen LogP contribution in [0.3, 0.4) is 0 Å². The predicted octanol–water partition coefficient (Wildman–Crippen LogP) is 1.37. The number of ether oxygens (including phenoxy) is 1. The van der Waals surface area contributed by atoms with Gasteiger partial charge in [0, 0.05) is 25.0 Å². The molecular weight excluding hydrogens is 310 g/mol. The Bertz CT molecular complexity index is 799. The lowest BCUT2D eigenvalue weighted by Gasteiger charge is -2.28. The molecule has 0 fully saturated rings. The van der Waals surface area contributed by atoms with Gasteiger partial charge >= 0.3 is 6.09 Å². The fourth-order valence-corrected chi connectivity index (χ4v) is 2.84. The molecule has 0 atom stereocenters. The number of amides is 1. The molecule has 2 N–H and O–H groups in total. The molecule has 8 nitrogen and oxygen atoms in total. The lowest BCUT2D eigenvalue weighted by Crippen LogP contribution is -2.37. The number of aryl methyl sites for hydroxylation is 1. The van der Waals surface area contributed by atoms with E-state index in [1.807, 2.05) is 0 Å². The van der Waals surface area contributed by atoms with Gasteiger partial charge in [-0.05, 0) is 31.4 Å². The average Bonchev–Trinajstić information content (AvgIpc) is 2.91. The summed E-state index contributed by atoms with van der Waals surface area (Å²) in [5.74, 6) is -0.0198. The molecule has 2 aromatic heterocycles. The van der Waals surface area contributed by atoms with E-state index < -0.39 is 0 Å². The molecule has 24 heavy (non-hydrogen) atoms. The molecule has 0 aliphatic carbocycles. The summed E-state index contributed by atoms with van der Waals surface area (Å²) >= 11 is 0. The van der Waals surface area contributed by atoms with Gasteiger partial charge in [0.1, 0.15) is 5.82 Å². The van der Waals surface area contributed by atoms with Gasteiger partial charge < -0.3 is 15.4 Å². The standard InChI is InChI=1S/C16H19N5O3/c1-3-24-16(23)20-5-4-12-11(9-20)7-18-8-13(12)15(22)21-14(17)6-10(2)19-21/h6-8H,3-5,9,17H2,1-2H3. The number of hydrogen-bond donors (Lipinski definition) is 1. The number of hydrogen-bond acceptors (Lipinski definition) is 6. The maximum absolute atomic E-state index is 12.7. The molecule has 8 heteroatoms. The van der Waals surface area contributed by atoms with Crippen LogP contribution in [0.5, 0.6) is 0 Å². The van der Waals surface area contributed by atoms with E-state index in [4.69, 9.17) is 10.5 Å². The number of aromatic nitrogens is 3. The zero-order chi connectivity index (χ0) is 17.3. The van der Waals surface area contributed by atoms with Crippen molar-refractivity contribution in [2.24, 2.45) is 0 Å². The van der Waals surface area contributed by atoms with E-state index in [0.717, 1.165) is 11.1 Å². The first-order chi connectivity index (χ1) is 11.5. The Kier molecular flexibility index (Phi) is 4.20. The molecule has 0 spiro atoms. The third-order valence-electron chi connectivity index (χ3n) is 3.95. The maximum atomic E-state index is 12.7.